The third-order valence-corrected chi connectivity index (χ3v) is 4.63. The van der Waals surface area contributed by atoms with Gasteiger partial charge in [-0.25, -0.2) is 12.8 Å². The van der Waals surface area contributed by atoms with Crippen LogP contribution in [0.4, 0.5) is 15.8 Å². The van der Waals surface area contributed by atoms with Crippen LogP contribution in [0.2, 0.25) is 0 Å². The molecule has 122 valence electrons. The van der Waals surface area contributed by atoms with Crippen molar-refractivity contribution in [3.8, 4) is 12.1 Å². The first kappa shape index (κ1) is 17.3. The molecule has 0 saturated heterocycles. The van der Waals surface area contributed by atoms with Crippen molar-refractivity contribution >= 4 is 21.4 Å². The fourth-order valence-corrected chi connectivity index (χ4v) is 3.11. The van der Waals surface area contributed by atoms with Crippen LogP contribution in [0.1, 0.15) is 11.1 Å². The van der Waals surface area contributed by atoms with Gasteiger partial charge in [-0.3, -0.25) is 4.72 Å². The van der Waals surface area contributed by atoms with Crippen LogP contribution in [0, 0.1) is 28.5 Å². The summed E-state index contributed by atoms with van der Waals surface area (Å²) in [6.45, 7) is 0. The van der Waals surface area contributed by atoms with Crippen molar-refractivity contribution in [1.82, 2.24) is 0 Å². The predicted molar refractivity (Wildman–Crippen MR) is 87.4 cm³/mol. The number of sulfonamides is 1. The molecule has 0 aromatic heterocycles. The van der Waals surface area contributed by atoms with E-state index in [2.05, 4.69) is 4.72 Å². The van der Waals surface area contributed by atoms with E-state index in [4.69, 9.17) is 10.5 Å². The lowest BCUT2D eigenvalue weighted by molar-refractivity contribution is 0.570. The highest BCUT2D eigenvalue weighted by molar-refractivity contribution is 7.92. The topological polar surface area (TPSA) is 97.0 Å². The van der Waals surface area contributed by atoms with Crippen LogP contribution < -0.4 is 9.62 Å². The first-order valence-electron chi connectivity index (χ1n) is 6.72. The number of nitrogens with one attached hydrogen (secondary N) is 1. The summed E-state index contributed by atoms with van der Waals surface area (Å²) in [7, 11) is -0.720. The molecule has 6 nitrogen and oxygen atoms in total. The molecule has 1 N–H and O–H groups in total. The summed E-state index contributed by atoms with van der Waals surface area (Å²) in [5.41, 5.74) is 0.844. The predicted octanol–water partition coefficient (Wildman–Crippen LogP) is 2.44. The SMILES string of the molecule is CN(C)c1ccc(C#N)c(NS(=O)(=O)c2ccc(C#N)cc2F)c1. The molecule has 24 heavy (non-hydrogen) atoms. The fraction of sp³-hybridized carbons (Fsp3) is 0.125. The van der Waals surface area contributed by atoms with Crippen LogP contribution in [0.3, 0.4) is 0 Å². The maximum absolute atomic E-state index is 14.0. The van der Waals surface area contributed by atoms with Crippen molar-refractivity contribution in [3.05, 3.63) is 53.3 Å². The molecular weight excluding hydrogens is 331 g/mol. The van der Waals surface area contributed by atoms with Crippen LogP contribution in [0.25, 0.3) is 0 Å². The average Bonchev–Trinajstić information content (AvgIpc) is 2.53. The van der Waals surface area contributed by atoms with Gasteiger partial charge < -0.3 is 4.90 Å². The van der Waals surface area contributed by atoms with Crippen LogP contribution >= 0.6 is 0 Å². The minimum atomic E-state index is -4.25. The molecule has 2 rings (SSSR count). The maximum Gasteiger partial charge on any atom is 0.264 e. The van der Waals surface area contributed by atoms with Crippen molar-refractivity contribution in [2.45, 2.75) is 4.90 Å². The highest BCUT2D eigenvalue weighted by Gasteiger charge is 2.21. The molecule has 0 fully saturated rings. The zero-order chi connectivity index (χ0) is 17.9. The summed E-state index contributed by atoms with van der Waals surface area (Å²) in [6.07, 6.45) is 0. The summed E-state index contributed by atoms with van der Waals surface area (Å²) >= 11 is 0. The number of anilines is 2. The Hall–Kier alpha value is -3.10. The lowest BCUT2D eigenvalue weighted by atomic mass is 10.2. The zero-order valence-corrected chi connectivity index (χ0v) is 13.7. The molecule has 2 aromatic rings. The van der Waals surface area contributed by atoms with Crippen LogP contribution in [-0.4, -0.2) is 22.5 Å². The van der Waals surface area contributed by atoms with E-state index in [-0.39, 0.29) is 16.8 Å². The maximum atomic E-state index is 14.0. The number of benzene rings is 2. The van der Waals surface area contributed by atoms with Gasteiger partial charge in [0, 0.05) is 19.8 Å². The second-order valence-corrected chi connectivity index (χ2v) is 6.75. The zero-order valence-electron chi connectivity index (χ0n) is 12.9. The number of hydrogen-bond donors (Lipinski definition) is 1. The van der Waals surface area contributed by atoms with Crippen molar-refractivity contribution in [2.75, 3.05) is 23.7 Å². The Kier molecular flexibility index (Phi) is 4.72. The smallest absolute Gasteiger partial charge is 0.264 e. The van der Waals surface area contributed by atoms with Gasteiger partial charge in [0.2, 0.25) is 0 Å². The number of nitrogens with zero attached hydrogens (tertiary/aromatic N) is 3. The van der Waals surface area contributed by atoms with Crippen molar-refractivity contribution in [1.29, 1.82) is 10.5 Å². The molecular formula is C16H13FN4O2S. The molecule has 0 aliphatic carbocycles. The molecule has 0 aliphatic rings. The molecule has 0 amide bonds. The monoisotopic (exact) mass is 344 g/mol. The number of nitriles is 2. The number of hydrogen-bond acceptors (Lipinski definition) is 5. The van der Waals surface area contributed by atoms with E-state index in [0.29, 0.717) is 5.69 Å². The summed E-state index contributed by atoms with van der Waals surface area (Å²) in [5, 5.41) is 17.8. The highest BCUT2D eigenvalue weighted by Crippen LogP contribution is 2.26. The summed E-state index contributed by atoms with van der Waals surface area (Å²) in [4.78, 5) is 1.14. The summed E-state index contributed by atoms with van der Waals surface area (Å²) in [5.74, 6) is -1.04. The molecule has 0 radical (unpaired) electrons. The van der Waals surface area contributed by atoms with E-state index in [9.17, 15) is 12.8 Å². The molecule has 0 spiro atoms. The van der Waals surface area contributed by atoms with Crippen molar-refractivity contribution in [3.63, 3.8) is 0 Å². The molecule has 0 saturated carbocycles. The Bertz CT molecular complexity index is 973. The van der Waals surface area contributed by atoms with Gasteiger partial charge in [0.25, 0.3) is 10.0 Å². The highest BCUT2D eigenvalue weighted by atomic mass is 32.2. The van der Waals surface area contributed by atoms with E-state index >= 15 is 0 Å². The molecule has 0 bridgehead atoms. The third kappa shape index (κ3) is 3.45. The molecule has 0 atom stereocenters. The Morgan fingerprint density at radius 2 is 1.79 bits per heavy atom. The first-order valence-corrected chi connectivity index (χ1v) is 8.21. The molecule has 2 aromatic carbocycles. The van der Waals surface area contributed by atoms with Gasteiger partial charge in [0.05, 0.1) is 22.9 Å². The van der Waals surface area contributed by atoms with Gasteiger partial charge in [0.1, 0.15) is 16.8 Å². The third-order valence-electron chi connectivity index (χ3n) is 3.23. The quantitative estimate of drug-likeness (QED) is 0.919. The van der Waals surface area contributed by atoms with Gasteiger partial charge in [-0.2, -0.15) is 10.5 Å². The average molecular weight is 344 g/mol. The minimum Gasteiger partial charge on any atom is -0.378 e. The van der Waals surface area contributed by atoms with Crippen LogP contribution in [0.15, 0.2) is 41.3 Å². The Balaban J connectivity index is 2.49. The number of halogens is 1. The Labute approximate surface area is 139 Å². The molecule has 0 unspecified atom stereocenters. The standard InChI is InChI=1S/C16H13FN4O2S/c1-21(2)13-5-4-12(10-19)15(8-13)20-24(22,23)16-6-3-11(9-18)7-14(16)17/h3-8,20H,1-2H3. The van der Waals surface area contributed by atoms with Gasteiger partial charge in [-0.1, -0.05) is 0 Å². The van der Waals surface area contributed by atoms with Gasteiger partial charge >= 0.3 is 0 Å². The van der Waals surface area contributed by atoms with E-state index < -0.39 is 20.7 Å². The normalized spacial score (nSPS) is 10.5. The van der Waals surface area contributed by atoms with E-state index in [1.54, 1.807) is 31.1 Å². The Morgan fingerprint density at radius 3 is 2.33 bits per heavy atom. The lowest BCUT2D eigenvalue weighted by Crippen LogP contribution is -2.16. The van der Waals surface area contributed by atoms with E-state index in [0.717, 1.165) is 12.1 Å². The van der Waals surface area contributed by atoms with Gasteiger partial charge in [0.15, 0.2) is 0 Å². The van der Waals surface area contributed by atoms with Crippen molar-refractivity contribution in [2.24, 2.45) is 0 Å². The summed E-state index contributed by atoms with van der Waals surface area (Å²) in [6, 6.07) is 11.3. The molecule has 0 aliphatic heterocycles. The summed E-state index contributed by atoms with van der Waals surface area (Å²) < 4.78 is 41.0. The second-order valence-electron chi connectivity index (χ2n) is 5.10. The van der Waals surface area contributed by atoms with Gasteiger partial charge in [-0.05, 0) is 36.4 Å². The van der Waals surface area contributed by atoms with E-state index in [1.807, 2.05) is 6.07 Å². The van der Waals surface area contributed by atoms with Crippen molar-refractivity contribution < 1.29 is 12.8 Å². The van der Waals surface area contributed by atoms with E-state index in [1.165, 1.54) is 18.2 Å². The second kappa shape index (κ2) is 6.57. The fourth-order valence-electron chi connectivity index (χ4n) is 1.98. The number of rotatable bonds is 4. The van der Waals surface area contributed by atoms with Gasteiger partial charge in [-0.15, -0.1) is 0 Å². The Morgan fingerprint density at radius 1 is 1.08 bits per heavy atom. The molecule has 8 heteroatoms. The lowest BCUT2D eigenvalue weighted by Gasteiger charge is -2.16. The largest absolute Gasteiger partial charge is 0.378 e. The minimum absolute atomic E-state index is 0.0127. The van der Waals surface area contributed by atoms with Crippen LogP contribution in [0.5, 0.6) is 0 Å². The van der Waals surface area contributed by atoms with Crippen LogP contribution in [-0.2, 0) is 10.0 Å². The first-order chi connectivity index (χ1) is 11.3. The molecule has 0 heterocycles.